The Balaban J connectivity index is 1.75. The molecule has 0 saturated carbocycles. The topological polar surface area (TPSA) is 12.0 Å². The third kappa shape index (κ3) is 2.69. The standard InChI is InChI=1S/C18H20FN/c1-13-9-10-16(19)11-18(13)20-12-15-7-4-6-14-5-2-3-8-17(14)15/h2-3,5,8-11,15,20H,4,6-7,12H2,1H3. The van der Waals surface area contributed by atoms with Crippen molar-refractivity contribution in [3.8, 4) is 0 Å². The van der Waals surface area contributed by atoms with Crippen LogP contribution in [0.25, 0.3) is 0 Å². The predicted molar refractivity (Wildman–Crippen MR) is 81.7 cm³/mol. The van der Waals surface area contributed by atoms with Crippen molar-refractivity contribution in [2.24, 2.45) is 0 Å². The van der Waals surface area contributed by atoms with Crippen molar-refractivity contribution in [2.45, 2.75) is 32.1 Å². The fourth-order valence-corrected chi connectivity index (χ4v) is 3.08. The lowest BCUT2D eigenvalue weighted by atomic mass is 9.83. The molecule has 20 heavy (non-hydrogen) atoms. The first-order valence-electron chi connectivity index (χ1n) is 7.32. The van der Waals surface area contributed by atoms with Crippen molar-refractivity contribution in [1.82, 2.24) is 0 Å². The van der Waals surface area contributed by atoms with E-state index in [-0.39, 0.29) is 5.82 Å². The molecule has 1 aliphatic rings. The minimum Gasteiger partial charge on any atom is -0.384 e. The molecule has 2 heteroatoms. The van der Waals surface area contributed by atoms with Gasteiger partial charge in [0.2, 0.25) is 0 Å². The summed E-state index contributed by atoms with van der Waals surface area (Å²) in [6, 6.07) is 13.6. The van der Waals surface area contributed by atoms with Gasteiger partial charge in [0.05, 0.1) is 0 Å². The highest BCUT2D eigenvalue weighted by Gasteiger charge is 2.19. The van der Waals surface area contributed by atoms with Gasteiger partial charge in [-0.25, -0.2) is 4.39 Å². The number of nitrogens with one attached hydrogen (secondary N) is 1. The van der Waals surface area contributed by atoms with Gasteiger partial charge in [-0.3, -0.25) is 0 Å². The molecule has 0 fully saturated rings. The van der Waals surface area contributed by atoms with Crippen molar-refractivity contribution in [3.63, 3.8) is 0 Å². The number of anilines is 1. The first-order chi connectivity index (χ1) is 9.74. The van der Waals surface area contributed by atoms with E-state index in [1.54, 1.807) is 6.07 Å². The average molecular weight is 269 g/mol. The second-order valence-electron chi connectivity index (χ2n) is 5.63. The molecule has 0 heterocycles. The summed E-state index contributed by atoms with van der Waals surface area (Å²) in [4.78, 5) is 0. The van der Waals surface area contributed by atoms with Crippen LogP contribution in [0.4, 0.5) is 10.1 Å². The number of hydrogen-bond donors (Lipinski definition) is 1. The maximum atomic E-state index is 13.3. The fourth-order valence-electron chi connectivity index (χ4n) is 3.08. The van der Waals surface area contributed by atoms with Gasteiger partial charge in [0.25, 0.3) is 0 Å². The van der Waals surface area contributed by atoms with Gasteiger partial charge in [-0.05, 0) is 55.0 Å². The second kappa shape index (κ2) is 5.66. The zero-order chi connectivity index (χ0) is 13.9. The van der Waals surface area contributed by atoms with Crippen LogP contribution >= 0.6 is 0 Å². The molecule has 0 spiro atoms. The van der Waals surface area contributed by atoms with Crippen LogP contribution in [0.5, 0.6) is 0 Å². The van der Waals surface area contributed by atoms with Gasteiger partial charge in [-0.2, -0.15) is 0 Å². The van der Waals surface area contributed by atoms with Crippen molar-refractivity contribution in [1.29, 1.82) is 0 Å². The quantitative estimate of drug-likeness (QED) is 0.854. The Hall–Kier alpha value is -1.83. The van der Waals surface area contributed by atoms with Crippen molar-refractivity contribution < 1.29 is 4.39 Å². The van der Waals surface area contributed by atoms with Crippen LogP contribution in [0.1, 0.15) is 35.4 Å². The molecular weight excluding hydrogens is 249 g/mol. The van der Waals surface area contributed by atoms with Gasteiger partial charge in [0.15, 0.2) is 0 Å². The molecule has 2 aromatic carbocycles. The van der Waals surface area contributed by atoms with Gasteiger partial charge >= 0.3 is 0 Å². The normalized spacial score (nSPS) is 17.6. The lowest BCUT2D eigenvalue weighted by Crippen LogP contribution is -2.18. The molecule has 104 valence electrons. The molecule has 1 atom stereocenters. The number of hydrogen-bond acceptors (Lipinski definition) is 1. The number of benzene rings is 2. The highest BCUT2D eigenvalue weighted by atomic mass is 19.1. The van der Waals surface area contributed by atoms with Crippen LogP contribution in [0.3, 0.4) is 0 Å². The Morgan fingerprint density at radius 1 is 1.20 bits per heavy atom. The van der Waals surface area contributed by atoms with E-state index < -0.39 is 0 Å². The number of rotatable bonds is 3. The monoisotopic (exact) mass is 269 g/mol. The zero-order valence-corrected chi connectivity index (χ0v) is 11.8. The molecule has 0 aliphatic heterocycles. The first kappa shape index (κ1) is 13.2. The van der Waals surface area contributed by atoms with E-state index in [1.165, 1.54) is 36.5 Å². The Labute approximate surface area is 119 Å². The molecule has 3 rings (SSSR count). The van der Waals surface area contributed by atoms with Gasteiger partial charge in [-0.15, -0.1) is 0 Å². The van der Waals surface area contributed by atoms with E-state index in [9.17, 15) is 4.39 Å². The van der Waals surface area contributed by atoms with Crippen molar-refractivity contribution in [2.75, 3.05) is 11.9 Å². The molecular formula is C18H20FN. The summed E-state index contributed by atoms with van der Waals surface area (Å²) in [7, 11) is 0. The van der Waals surface area contributed by atoms with Gasteiger partial charge in [-0.1, -0.05) is 30.3 Å². The summed E-state index contributed by atoms with van der Waals surface area (Å²) in [5.41, 5.74) is 4.94. The van der Waals surface area contributed by atoms with Gasteiger partial charge in [0.1, 0.15) is 5.82 Å². The third-order valence-corrected chi connectivity index (χ3v) is 4.23. The van der Waals surface area contributed by atoms with Crippen LogP contribution in [-0.2, 0) is 6.42 Å². The van der Waals surface area contributed by atoms with Crippen LogP contribution < -0.4 is 5.32 Å². The number of aryl methyl sites for hydroxylation is 2. The Morgan fingerprint density at radius 3 is 2.95 bits per heavy atom. The Bertz CT molecular complexity index is 606. The molecule has 0 bridgehead atoms. The minimum absolute atomic E-state index is 0.179. The van der Waals surface area contributed by atoms with E-state index in [0.29, 0.717) is 5.92 Å². The van der Waals surface area contributed by atoms with E-state index >= 15 is 0 Å². The molecule has 1 N–H and O–H groups in total. The molecule has 1 aliphatic carbocycles. The Morgan fingerprint density at radius 2 is 2.05 bits per heavy atom. The Kier molecular flexibility index (Phi) is 3.72. The fraction of sp³-hybridized carbons (Fsp3) is 0.333. The maximum absolute atomic E-state index is 13.3. The van der Waals surface area contributed by atoms with Crippen LogP contribution in [0.15, 0.2) is 42.5 Å². The minimum atomic E-state index is -0.179. The SMILES string of the molecule is Cc1ccc(F)cc1NCC1CCCc2ccccc21. The van der Waals surface area contributed by atoms with Crippen LogP contribution in [0, 0.1) is 12.7 Å². The van der Waals surface area contributed by atoms with E-state index in [4.69, 9.17) is 0 Å². The van der Waals surface area contributed by atoms with E-state index in [0.717, 1.165) is 17.8 Å². The zero-order valence-electron chi connectivity index (χ0n) is 11.8. The molecule has 2 aromatic rings. The third-order valence-electron chi connectivity index (χ3n) is 4.23. The van der Waals surface area contributed by atoms with Crippen LogP contribution in [-0.4, -0.2) is 6.54 Å². The predicted octanol–water partition coefficient (Wildman–Crippen LogP) is 4.67. The molecule has 0 aromatic heterocycles. The van der Waals surface area contributed by atoms with Crippen molar-refractivity contribution in [3.05, 3.63) is 65.0 Å². The summed E-state index contributed by atoms with van der Waals surface area (Å²) >= 11 is 0. The van der Waals surface area contributed by atoms with Crippen LogP contribution in [0.2, 0.25) is 0 Å². The summed E-state index contributed by atoms with van der Waals surface area (Å²) in [5.74, 6) is 0.352. The molecule has 0 radical (unpaired) electrons. The second-order valence-corrected chi connectivity index (χ2v) is 5.63. The van der Waals surface area contributed by atoms with Gasteiger partial charge in [0, 0.05) is 18.2 Å². The highest BCUT2D eigenvalue weighted by Crippen LogP contribution is 2.31. The first-order valence-corrected chi connectivity index (χ1v) is 7.32. The van der Waals surface area contributed by atoms with Gasteiger partial charge < -0.3 is 5.32 Å². The molecule has 1 nitrogen and oxygen atoms in total. The summed E-state index contributed by atoms with van der Waals surface area (Å²) < 4.78 is 13.3. The van der Waals surface area contributed by atoms with Crippen molar-refractivity contribution >= 4 is 5.69 Å². The maximum Gasteiger partial charge on any atom is 0.125 e. The smallest absolute Gasteiger partial charge is 0.125 e. The summed E-state index contributed by atoms with van der Waals surface area (Å²) in [6.07, 6.45) is 3.63. The molecule has 0 amide bonds. The summed E-state index contributed by atoms with van der Waals surface area (Å²) in [5, 5.41) is 3.42. The lowest BCUT2D eigenvalue weighted by molar-refractivity contribution is 0.571. The largest absolute Gasteiger partial charge is 0.384 e. The molecule has 0 saturated heterocycles. The van der Waals surface area contributed by atoms with E-state index in [1.807, 2.05) is 13.0 Å². The highest BCUT2D eigenvalue weighted by molar-refractivity contribution is 5.51. The number of halogens is 1. The summed E-state index contributed by atoms with van der Waals surface area (Å²) in [6.45, 7) is 2.89. The molecule has 1 unspecified atom stereocenters. The average Bonchev–Trinajstić information content (AvgIpc) is 2.48. The lowest BCUT2D eigenvalue weighted by Gasteiger charge is -2.26. The number of fused-ring (bicyclic) bond motifs is 1. The van der Waals surface area contributed by atoms with E-state index in [2.05, 4.69) is 29.6 Å².